The third-order valence-corrected chi connectivity index (χ3v) is 4.53. The van der Waals surface area contributed by atoms with Crippen LogP contribution in [0, 0.1) is 0 Å². The predicted octanol–water partition coefficient (Wildman–Crippen LogP) is 1.16. The number of halogens is 3. The van der Waals surface area contributed by atoms with Gasteiger partial charge in [-0.05, 0) is 27.0 Å². The Labute approximate surface area is 133 Å². The normalized spacial score (nSPS) is 28.0. The van der Waals surface area contributed by atoms with E-state index in [1.165, 1.54) is 0 Å². The number of hydrogen-bond acceptors (Lipinski definition) is 5. The molecule has 1 aromatic heterocycles. The van der Waals surface area contributed by atoms with E-state index in [0.29, 0.717) is 25.5 Å². The van der Waals surface area contributed by atoms with Crippen molar-refractivity contribution >= 4 is 0 Å². The molecule has 1 saturated heterocycles. The van der Waals surface area contributed by atoms with Gasteiger partial charge in [-0.1, -0.05) is 0 Å². The number of ether oxygens (including phenoxy) is 1. The number of likely N-dealkylation sites (N-methyl/N-ethyl adjacent to an activating group) is 1. The fourth-order valence-electron chi connectivity index (χ4n) is 2.65. The summed E-state index contributed by atoms with van der Waals surface area (Å²) in [4.78, 5) is 2.05. The highest BCUT2D eigenvalue weighted by Crippen LogP contribution is 2.29. The van der Waals surface area contributed by atoms with Crippen LogP contribution in [-0.4, -0.2) is 65.2 Å². The summed E-state index contributed by atoms with van der Waals surface area (Å²) >= 11 is 0. The molecular weight excluding hydrogens is 313 g/mol. The van der Waals surface area contributed by atoms with Gasteiger partial charge in [0.1, 0.15) is 0 Å². The second-order valence-electron chi connectivity index (χ2n) is 6.17. The van der Waals surface area contributed by atoms with E-state index in [4.69, 9.17) is 4.74 Å². The largest absolute Gasteiger partial charge is 0.435 e. The lowest BCUT2D eigenvalue weighted by atomic mass is 9.95. The van der Waals surface area contributed by atoms with Crippen LogP contribution in [0.4, 0.5) is 13.2 Å². The van der Waals surface area contributed by atoms with Gasteiger partial charge in [-0.3, -0.25) is 10.00 Å². The second kappa shape index (κ2) is 6.76. The van der Waals surface area contributed by atoms with Crippen molar-refractivity contribution in [2.45, 2.75) is 37.6 Å². The van der Waals surface area contributed by atoms with E-state index in [-0.39, 0.29) is 18.7 Å². The molecule has 0 radical (unpaired) electrons. The van der Waals surface area contributed by atoms with Crippen molar-refractivity contribution in [3.05, 3.63) is 17.5 Å². The van der Waals surface area contributed by atoms with Crippen LogP contribution in [-0.2, 0) is 10.9 Å². The maximum atomic E-state index is 12.6. The van der Waals surface area contributed by atoms with Gasteiger partial charge in [0.2, 0.25) is 0 Å². The van der Waals surface area contributed by atoms with Crippen LogP contribution in [0.5, 0.6) is 0 Å². The van der Waals surface area contributed by atoms with Crippen molar-refractivity contribution in [2.24, 2.45) is 0 Å². The zero-order valence-corrected chi connectivity index (χ0v) is 13.4. The Morgan fingerprint density at radius 3 is 2.87 bits per heavy atom. The van der Waals surface area contributed by atoms with Gasteiger partial charge in [0.05, 0.1) is 31.1 Å². The molecule has 0 aliphatic carbocycles. The molecule has 2 heterocycles. The predicted molar refractivity (Wildman–Crippen MR) is 77.9 cm³/mol. The lowest BCUT2D eigenvalue weighted by molar-refractivity contribution is -0.141. The van der Waals surface area contributed by atoms with Gasteiger partial charge >= 0.3 is 6.18 Å². The number of aliphatic hydroxyl groups is 1. The van der Waals surface area contributed by atoms with Crippen LogP contribution in [0.3, 0.4) is 0 Å². The number of alkyl halides is 3. The summed E-state index contributed by atoms with van der Waals surface area (Å²) in [6.45, 7) is 4.96. The Morgan fingerprint density at radius 2 is 2.30 bits per heavy atom. The molecule has 9 heteroatoms. The third kappa shape index (κ3) is 3.85. The van der Waals surface area contributed by atoms with E-state index in [1.807, 2.05) is 18.9 Å². The molecule has 3 N–H and O–H groups in total. The van der Waals surface area contributed by atoms with E-state index in [2.05, 4.69) is 15.5 Å². The van der Waals surface area contributed by atoms with Crippen molar-refractivity contribution in [2.75, 3.05) is 33.4 Å². The van der Waals surface area contributed by atoms with Crippen molar-refractivity contribution in [3.8, 4) is 0 Å². The van der Waals surface area contributed by atoms with Gasteiger partial charge in [-0.2, -0.15) is 18.3 Å². The number of H-pyrrole nitrogens is 1. The standard InChI is InChI=1S/C14H23F3N4O2/c1-9-5-23-8-13(7-22,21(9)3)6-18-10(2)11-4-12(20-19-11)14(15,16)17/h4,9-10,18,22H,5-8H2,1-3H3,(H,19,20)/t9-,10?,13+/m1/s1. The van der Waals surface area contributed by atoms with Crippen LogP contribution in [0.25, 0.3) is 0 Å². The molecule has 1 aliphatic rings. The highest BCUT2D eigenvalue weighted by Gasteiger charge is 2.40. The second-order valence-corrected chi connectivity index (χ2v) is 6.17. The molecule has 2 rings (SSSR count). The number of aromatic nitrogens is 2. The minimum Gasteiger partial charge on any atom is -0.394 e. The summed E-state index contributed by atoms with van der Waals surface area (Å²) in [5.41, 5.74) is -1.19. The SMILES string of the molecule is CC(NC[C@]1(CO)COC[C@@H](C)N1C)c1cc(C(F)(F)F)n[nH]1. The highest BCUT2D eigenvalue weighted by atomic mass is 19.4. The molecule has 23 heavy (non-hydrogen) atoms. The number of nitrogens with zero attached hydrogens (tertiary/aromatic N) is 2. The fraction of sp³-hybridized carbons (Fsp3) is 0.786. The summed E-state index contributed by atoms with van der Waals surface area (Å²) in [5.74, 6) is 0. The Kier molecular flexibility index (Phi) is 5.34. The Balaban J connectivity index is 2.02. The smallest absolute Gasteiger partial charge is 0.394 e. The van der Waals surface area contributed by atoms with Crippen LogP contribution in [0.2, 0.25) is 0 Å². The van der Waals surface area contributed by atoms with Gasteiger partial charge in [0, 0.05) is 18.6 Å². The van der Waals surface area contributed by atoms with Crippen LogP contribution in [0.15, 0.2) is 6.07 Å². The minimum absolute atomic E-state index is 0.107. The maximum absolute atomic E-state index is 12.6. The fourth-order valence-corrected chi connectivity index (χ4v) is 2.65. The quantitative estimate of drug-likeness (QED) is 0.753. The molecule has 1 aromatic rings. The average Bonchev–Trinajstić information content (AvgIpc) is 2.99. The monoisotopic (exact) mass is 336 g/mol. The molecule has 0 bridgehead atoms. The molecular formula is C14H23F3N4O2. The number of aliphatic hydroxyl groups excluding tert-OH is 1. The highest BCUT2D eigenvalue weighted by molar-refractivity contribution is 5.14. The Bertz CT molecular complexity index is 522. The zero-order valence-electron chi connectivity index (χ0n) is 13.4. The molecule has 132 valence electrons. The summed E-state index contributed by atoms with van der Waals surface area (Å²) in [5, 5.41) is 18.7. The molecule has 0 aromatic carbocycles. The Morgan fingerprint density at radius 1 is 1.61 bits per heavy atom. The zero-order chi connectivity index (χ0) is 17.3. The summed E-state index contributed by atoms with van der Waals surface area (Å²) in [6.07, 6.45) is -4.46. The molecule has 1 unspecified atom stereocenters. The lowest BCUT2D eigenvalue weighted by Crippen LogP contribution is -2.65. The van der Waals surface area contributed by atoms with Crippen molar-refractivity contribution in [1.82, 2.24) is 20.4 Å². The Hall–Kier alpha value is -1.16. The molecule has 1 fully saturated rings. The first-order valence-electron chi connectivity index (χ1n) is 7.47. The van der Waals surface area contributed by atoms with E-state index in [1.54, 1.807) is 6.92 Å². The number of aromatic amines is 1. The summed E-state index contributed by atoms with van der Waals surface area (Å²) < 4.78 is 43.3. The molecule has 1 aliphatic heterocycles. The van der Waals surface area contributed by atoms with Gasteiger partial charge in [0.25, 0.3) is 0 Å². The third-order valence-electron chi connectivity index (χ3n) is 4.53. The topological polar surface area (TPSA) is 73.4 Å². The number of nitrogens with one attached hydrogen (secondary N) is 2. The lowest BCUT2D eigenvalue weighted by Gasteiger charge is -2.47. The number of rotatable bonds is 5. The summed E-state index contributed by atoms with van der Waals surface area (Å²) in [6, 6.07) is 0.775. The van der Waals surface area contributed by atoms with Crippen molar-refractivity contribution in [3.63, 3.8) is 0 Å². The average molecular weight is 336 g/mol. The number of morpholine rings is 1. The van der Waals surface area contributed by atoms with E-state index >= 15 is 0 Å². The number of hydrogen-bond donors (Lipinski definition) is 3. The van der Waals surface area contributed by atoms with E-state index in [9.17, 15) is 18.3 Å². The van der Waals surface area contributed by atoms with Gasteiger partial charge in [-0.25, -0.2) is 0 Å². The van der Waals surface area contributed by atoms with Gasteiger partial charge in [-0.15, -0.1) is 0 Å². The molecule has 0 saturated carbocycles. The van der Waals surface area contributed by atoms with Gasteiger partial charge < -0.3 is 15.2 Å². The van der Waals surface area contributed by atoms with Crippen LogP contribution < -0.4 is 5.32 Å². The minimum atomic E-state index is -4.46. The van der Waals surface area contributed by atoms with Crippen LogP contribution in [0.1, 0.15) is 31.3 Å². The maximum Gasteiger partial charge on any atom is 0.435 e. The molecule has 0 spiro atoms. The molecule has 3 atom stereocenters. The van der Waals surface area contributed by atoms with E-state index in [0.717, 1.165) is 6.07 Å². The van der Waals surface area contributed by atoms with Crippen molar-refractivity contribution < 1.29 is 23.0 Å². The van der Waals surface area contributed by atoms with E-state index < -0.39 is 17.4 Å². The first-order chi connectivity index (χ1) is 10.7. The van der Waals surface area contributed by atoms with Crippen molar-refractivity contribution in [1.29, 1.82) is 0 Å². The first-order valence-corrected chi connectivity index (χ1v) is 7.47. The van der Waals surface area contributed by atoms with Crippen LogP contribution >= 0.6 is 0 Å². The first kappa shape index (κ1) is 18.2. The summed E-state index contributed by atoms with van der Waals surface area (Å²) in [7, 11) is 1.91. The molecule has 6 nitrogen and oxygen atoms in total. The van der Waals surface area contributed by atoms with Gasteiger partial charge in [0.15, 0.2) is 5.69 Å². The molecule has 0 amide bonds.